The van der Waals surface area contributed by atoms with Crippen LogP contribution < -0.4 is 20.1 Å². The van der Waals surface area contributed by atoms with E-state index in [4.69, 9.17) is 21.1 Å². The van der Waals surface area contributed by atoms with Crippen LogP contribution in [0.15, 0.2) is 36.4 Å². The topological polar surface area (TPSA) is 117 Å². The van der Waals surface area contributed by atoms with Crippen LogP contribution in [-0.4, -0.2) is 46.7 Å². The number of nitrogens with one attached hydrogen (secondary N) is 2. The molecule has 9 nitrogen and oxygen atoms in total. The minimum absolute atomic E-state index is 0.0218. The third-order valence-corrected chi connectivity index (χ3v) is 7.24. The van der Waals surface area contributed by atoms with Crippen LogP contribution in [0.25, 0.3) is 0 Å². The van der Waals surface area contributed by atoms with E-state index in [1.54, 1.807) is 36.4 Å². The maximum Gasteiger partial charge on any atom is 0.250 e. The SMILES string of the molecule is C[C@H](O)[C@@H]1N[C@]2(C(=O)Nc3ccc(Cl)cc32)[C@@H]2C(=O)N(Cc3ccc4c(c3)OCO4)C(=O)[C@@H]12. The number of ether oxygens (including phenoxy) is 2. The molecule has 2 fully saturated rings. The van der Waals surface area contributed by atoms with Crippen LogP contribution in [-0.2, 0) is 26.5 Å². The summed E-state index contributed by atoms with van der Waals surface area (Å²) in [7, 11) is 0. The molecule has 4 aliphatic rings. The van der Waals surface area contributed by atoms with E-state index in [9.17, 15) is 19.5 Å². The Morgan fingerprint density at radius 3 is 2.73 bits per heavy atom. The first kappa shape index (κ1) is 20.5. The van der Waals surface area contributed by atoms with Crippen LogP contribution >= 0.6 is 11.6 Å². The van der Waals surface area contributed by atoms with Crippen molar-refractivity contribution in [1.82, 2.24) is 10.2 Å². The van der Waals surface area contributed by atoms with Crippen LogP contribution in [0.3, 0.4) is 0 Å². The number of hydrogen-bond acceptors (Lipinski definition) is 7. The molecule has 0 bridgehead atoms. The fourth-order valence-electron chi connectivity index (χ4n) is 5.56. The lowest BCUT2D eigenvalue weighted by molar-refractivity contribution is -0.143. The highest BCUT2D eigenvalue weighted by Gasteiger charge is 2.71. The van der Waals surface area contributed by atoms with Gasteiger partial charge in [-0.3, -0.25) is 24.6 Å². The number of hydrogen-bond donors (Lipinski definition) is 3. The Bertz CT molecular complexity index is 1230. The molecular formula is C23H20ClN3O6. The summed E-state index contributed by atoms with van der Waals surface area (Å²) in [6, 6.07) is 9.38. The van der Waals surface area contributed by atoms with Gasteiger partial charge >= 0.3 is 0 Å². The number of nitrogens with zero attached hydrogens (tertiary/aromatic N) is 1. The molecule has 0 radical (unpaired) electrons. The number of likely N-dealkylation sites (tertiary alicyclic amines) is 1. The van der Waals surface area contributed by atoms with Crippen molar-refractivity contribution in [3.8, 4) is 11.5 Å². The predicted molar refractivity (Wildman–Crippen MR) is 115 cm³/mol. The average molecular weight is 470 g/mol. The van der Waals surface area contributed by atoms with Crippen molar-refractivity contribution in [2.45, 2.75) is 31.2 Å². The highest BCUT2D eigenvalue weighted by molar-refractivity contribution is 6.31. The van der Waals surface area contributed by atoms with E-state index in [1.807, 2.05) is 0 Å². The molecule has 0 aliphatic carbocycles. The lowest BCUT2D eigenvalue weighted by Crippen LogP contribution is -2.54. The number of imide groups is 1. The van der Waals surface area contributed by atoms with Gasteiger partial charge in [0.1, 0.15) is 5.54 Å². The van der Waals surface area contributed by atoms with Gasteiger partial charge in [0.05, 0.1) is 24.5 Å². The van der Waals surface area contributed by atoms with Crippen molar-refractivity contribution in [1.29, 1.82) is 0 Å². The van der Waals surface area contributed by atoms with Gasteiger partial charge in [-0.15, -0.1) is 0 Å². The van der Waals surface area contributed by atoms with E-state index in [1.165, 1.54) is 11.8 Å². The lowest BCUT2D eigenvalue weighted by Gasteiger charge is -2.30. The standard InChI is InChI=1S/C23H20ClN3O6/c1-10(28)19-17-18(23(26-19)13-7-12(24)3-4-14(13)25-22(23)31)21(30)27(20(17)29)8-11-2-5-15-16(6-11)33-9-32-15/h2-7,10,17-19,26,28H,8-9H2,1H3,(H,25,31)/t10-,17+,18-,19-,23-/m0/s1. The van der Waals surface area contributed by atoms with Gasteiger partial charge in [-0.1, -0.05) is 17.7 Å². The molecule has 3 N–H and O–H groups in total. The molecule has 2 saturated heterocycles. The van der Waals surface area contributed by atoms with Crippen LogP contribution in [0, 0.1) is 11.8 Å². The van der Waals surface area contributed by atoms with Gasteiger partial charge in [0, 0.05) is 22.3 Å². The minimum atomic E-state index is -1.50. The Kier molecular flexibility index (Phi) is 4.30. The number of rotatable bonds is 3. The quantitative estimate of drug-likeness (QED) is 0.581. The highest BCUT2D eigenvalue weighted by atomic mass is 35.5. The van der Waals surface area contributed by atoms with Gasteiger partial charge in [0.2, 0.25) is 24.5 Å². The number of benzene rings is 2. The Balaban J connectivity index is 1.42. The number of carbonyl (C=O) groups excluding carboxylic acids is 3. The number of fused-ring (bicyclic) bond motifs is 5. The summed E-state index contributed by atoms with van der Waals surface area (Å²) in [5, 5.41) is 16.8. The maximum absolute atomic E-state index is 13.7. The van der Waals surface area contributed by atoms with Gasteiger partial charge in [0.25, 0.3) is 0 Å². The Hall–Kier alpha value is -3.14. The summed E-state index contributed by atoms with van der Waals surface area (Å²) in [6.45, 7) is 1.68. The molecular weight excluding hydrogens is 450 g/mol. The summed E-state index contributed by atoms with van der Waals surface area (Å²) in [6.07, 6.45) is -0.977. The van der Waals surface area contributed by atoms with E-state index in [0.717, 1.165) is 0 Å². The number of halogens is 1. The second kappa shape index (κ2) is 6.93. The fourth-order valence-corrected chi connectivity index (χ4v) is 5.73. The van der Waals surface area contributed by atoms with Crippen LogP contribution in [0.5, 0.6) is 11.5 Å². The Morgan fingerprint density at radius 1 is 1.15 bits per heavy atom. The molecule has 2 aromatic rings. The van der Waals surface area contributed by atoms with Crippen molar-refractivity contribution >= 4 is 35.0 Å². The Labute approximate surface area is 193 Å². The minimum Gasteiger partial charge on any atom is -0.454 e. The molecule has 1 spiro atoms. The van der Waals surface area contributed by atoms with Gasteiger partial charge in [-0.2, -0.15) is 0 Å². The molecule has 0 saturated carbocycles. The Morgan fingerprint density at radius 2 is 1.94 bits per heavy atom. The zero-order valence-electron chi connectivity index (χ0n) is 17.5. The van der Waals surface area contributed by atoms with E-state index in [-0.39, 0.29) is 13.3 Å². The fraction of sp³-hybridized carbons (Fsp3) is 0.348. The molecule has 3 amide bonds. The summed E-state index contributed by atoms with van der Waals surface area (Å²) < 4.78 is 10.7. The largest absolute Gasteiger partial charge is 0.454 e. The lowest BCUT2D eigenvalue weighted by atomic mass is 9.76. The summed E-state index contributed by atoms with van der Waals surface area (Å²) in [5.74, 6) is -2.11. The van der Waals surface area contributed by atoms with E-state index >= 15 is 0 Å². The second-order valence-corrected chi connectivity index (χ2v) is 9.25. The smallest absolute Gasteiger partial charge is 0.250 e. The zero-order valence-corrected chi connectivity index (χ0v) is 18.3. The molecule has 2 aromatic carbocycles. The third kappa shape index (κ3) is 2.70. The van der Waals surface area contributed by atoms with Gasteiger partial charge in [-0.25, -0.2) is 0 Å². The first-order valence-corrected chi connectivity index (χ1v) is 11.0. The van der Waals surface area contributed by atoms with Gasteiger partial charge in [-0.05, 0) is 42.8 Å². The monoisotopic (exact) mass is 469 g/mol. The molecule has 0 aromatic heterocycles. The molecule has 33 heavy (non-hydrogen) atoms. The van der Waals surface area contributed by atoms with Crippen LogP contribution in [0.4, 0.5) is 5.69 Å². The van der Waals surface area contributed by atoms with Crippen molar-refractivity contribution in [3.63, 3.8) is 0 Å². The number of carbonyl (C=O) groups is 3. The summed E-state index contributed by atoms with van der Waals surface area (Å²) >= 11 is 6.22. The third-order valence-electron chi connectivity index (χ3n) is 7.00. The average Bonchev–Trinajstić information content (AvgIpc) is 3.51. The number of aliphatic hydroxyl groups is 1. The van der Waals surface area contributed by atoms with Crippen molar-refractivity contribution in [2.24, 2.45) is 11.8 Å². The first-order valence-electron chi connectivity index (χ1n) is 10.6. The predicted octanol–water partition coefficient (Wildman–Crippen LogP) is 1.37. The molecule has 4 aliphatic heterocycles. The van der Waals surface area contributed by atoms with Crippen molar-refractivity contribution < 1.29 is 29.0 Å². The molecule has 5 atom stereocenters. The van der Waals surface area contributed by atoms with E-state index in [2.05, 4.69) is 10.6 Å². The van der Waals surface area contributed by atoms with Crippen LogP contribution in [0.1, 0.15) is 18.1 Å². The van der Waals surface area contributed by atoms with Crippen molar-refractivity contribution in [3.05, 3.63) is 52.5 Å². The molecule has 0 unspecified atom stereocenters. The summed E-state index contributed by atoms with van der Waals surface area (Å²) in [5.41, 5.74) is 0.222. The first-order chi connectivity index (χ1) is 15.8. The molecule has 6 rings (SSSR count). The molecule has 4 heterocycles. The van der Waals surface area contributed by atoms with E-state index < -0.39 is 47.2 Å². The molecule has 10 heteroatoms. The van der Waals surface area contributed by atoms with Gasteiger partial charge < -0.3 is 19.9 Å². The van der Waals surface area contributed by atoms with E-state index in [0.29, 0.717) is 33.3 Å². The van der Waals surface area contributed by atoms with Crippen LogP contribution in [0.2, 0.25) is 5.02 Å². The number of anilines is 1. The van der Waals surface area contributed by atoms with Gasteiger partial charge in [0.15, 0.2) is 11.5 Å². The summed E-state index contributed by atoms with van der Waals surface area (Å²) in [4.78, 5) is 41.7. The number of aliphatic hydroxyl groups excluding tert-OH is 1. The number of amides is 3. The van der Waals surface area contributed by atoms with Crippen molar-refractivity contribution in [2.75, 3.05) is 12.1 Å². The second-order valence-electron chi connectivity index (χ2n) is 8.82. The molecule has 170 valence electrons. The normalized spacial score (nSPS) is 30.1. The maximum atomic E-state index is 13.7. The highest BCUT2D eigenvalue weighted by Crippen LogP contribution is 2.54. The zero-order chi connectivity index (χ0) is 23.1.